The second-order valence-electron chi connectivity index (χ2n) is 5.54. The number of ether oxygens (including phenoxy) is 1. The van der Waals surface area contributed by atoms with Crippen LogP contribution in [0.2, 0.25) is 0 Å². The van der Waals surface area contributed by atoms with Gasteiger partial charge in [-0.2, -0.15) is 0 Å². The molecule has 0 saturated carbocycles. The molecule has 128 valence electrons. The normalized spacial score (nSPS) is 10.7. The van der Waals surface area contributed by atoms with E-state index in [0.29, 0.717) is 12.3 Å². The highest BCUT2D eigenvalue weighted by atomic mass is 19.1. The topological polar surface area (TPSA) is 35.2 Å². The lowest BCUT2D eigenvalue weighted by Gasteiger charge is -2.11. The number of rotatable bonds is 5. The summed E-state index contributed by atoms with van der Waals surface area (Å²) in [6, 6.07) is 14.6. The van der Waals surface area contributed by atoms with Crippen LogP contribution in [0.15, 0.2) is 60.7 Å². The number of hydrogen-bond donors (Lipinski definition) is 1. The largest absolute Gasteiger partial charge is 0.489 e. The van der Waals surface area contributed by atoms with Crippen molar-refractivity contribution in [3.05, 3.63) is 89.2 Å². The number of nitrogens with two attached hydrogens (primary N) is 1. The third kappa shape index (κ3) is 3.83. The van der Waals surface area contributed by atoms with Crippen molar-refractivity contribution in [3.8, 4) is 16.9 Å². The number of halogens is 3. The van der Waals surface area contributed by atoms with Crippen molar-refractivity contribution in [2.75, 3.05) is 0 Å². The molecule has 0 heterocycles. The van der Waals surface area contributed by atoms with E-state index in [1.807, 2.05) is 12.1 Å². The first-order valence-electron chi connectivity index (χ1n) is 7.73. The monoisotopic (exact) mass is 343 g/mol. The molecule has 0 unspecified atom stereocenters. The van der Waals surface area contributed by atoms with Gasteiger partial charge in [0.2, 0.25) is 0 Å². The van der Waals surface area contributed by atoms with Crippen molar-refractivity contribution in [2.45, 2.75) is 13.2 Å². The van der Waals surface area contributed by atoms with Gasteiger partial charge in [0.1, 0.15) is 29.8 Å². The summed E-state index contributed by atoms with van der Waals surface area (Å²) in [4.78, 5) is 0. The second-order valence-corrected chi connectivity index (χ2v) is 5.54. The van der Waals surface area contributed by atoms with Gasteiger partial charge in [0, 0.05) is 23.2 Å². The Labute approximate surface area is 143 Å². The molecule has 2 N–H and O–H groups in total. The Balaban J connectivity index is 1.84. The Morgan fingerprint density at radius 1 is 0.840 bits per heavy atom. The molecule has 25 heavy (non-hydrogen) atoms. The van der Waals surface area contributed by atoms with Crippen molar-refractivity contribution in [1.29, 1.82) is 0 Å². The molecule has 0 bridgehead atoms. The molecule has 0 fully saturated rings. The van der Waals surface area contributed by atoms with Gasteiger partial charge >= 0.3 is 0 Å². The van der Waals surface area contributed by atoms with E-state index in [1.54, 1.807) is 24.3 Å². The molecule has 0 aliphatic heterocycles. The lowest BCUT2D eigenvalue weighted by atomic mass is 10.0. The highest BCUT2D eigenvalue weighted by Crippen LogP contribution is 2.28. The summed E-state index contributed by atoms with van der Waals surface area (Å²) in [7, 11) is 0. The third-order valence-electron chi connectivity index (χ3n) is 3.85. The first kappa shape index (κ1) is 17.0. The van der Waals surface area contributed by atoms with Crippen LogP contribution in [0.4, 0.5) is 13.2 Å². The Kier molecular flexibility index (Phi) is 5.05. The fourth-order valence-electron chi connectivity index (χ4n) is 2.49. The lowest BCUT2D eigenvalue weighted by Crippen LogP contribution is -2.01. The molecule has 0 amide bonds. The van der Waals surface area contributed by atoms with Crippen molar-refractivity contribution in [1.82, 2.24) is 0 Å². The molecule has 3 aromatic carbocycles. The van der Waals surface area contributed by atoms with Gasteiger partial charge in [-0.15, -0.1) is 0 Å². The Hall–Kier alpha value is -2.79. The van der Waals surface area contributed by atoms with Crippen molar-refractivity contribution in [2.24, 2.45) is 5.73 Å². The predicted octanol–water partition coefficient (Wildman–Crippen LogP) is 4.81. The standard InChI is InChI=1S/C20H16F3NO/c21-15-6-9-19(22)18(10-15)17-3-1-2-14(20(17)23)12-25-16-7-4-13(11-24)5-8-16/h1-10H,11-12,24H2. The molecule has 2 nitrogen and oxygen atoms in total. The molecular formula is C20H16F3NO. The van der Waals surface area contributed by atoms with Crippen LogP contribution in [-0.4, -0.2) is 0 Å². The van der Waals surface area contributed by atoms with Crippen molar-refractivity contribution >= 4 is 0 Å². The smallest absolute Gasteiger partial charge is 0.137 e. The van der Waals surface area contributed by atoms with Crippen LogP contribution in [0.5, 0.6) is 5.75 Å². The van der Waals surface area contributed by atoms with Crippen molar-refractivity contribution in [3.63, 3.8) is 0 Å². The predicted molar refractivity (Wildman–Crippen MR) is 90.4 cm³/mol. The molecule has 0 atom stereocenters. The zero-order chi connectivity index (χ0) is 17.8. The highest BCUT2D eigenvalue weighted by molar-refractivity contribution is 5.65. The zero-order valence-corrected chi connectivity index (χ0v) is 13.3. The molecule has 0 spiro atoms. The van der Waals surface area contributed by atoms with E-state index >= 15 is 0 Å². The van der Waals surface area contributed by atoms with E-state index in [-0.39, 0.29) is 23.3 Å². The van der Waals surface area contributed by atoms with E-state index in [1.165, 1.54) is 6.07 Å². The van der Waals surface area contributed by atoms with Gasteiger partial charge in [-0.25, -0.2) is 13.2 Å². The molecule has 5 heteroatoms. The Morgan fingerprint density at radius 2 is 1.60 bits per heavy atom. The summed E-state index contributed by atoms with van der Waals surface area (Å²) in [5, 5.41) is 0. The van der Waals surface area contributed by atoms with E-state index in [2.05, 4.69) is 0 Å². The first-order valence-corrected chi connectivity index (χ1v) is 7.73. The van der Waals surface area contributed by atoms with Gasteiger partial charge in [-0.1, -0.05) is 30.3 Å². The zero-order valence-electron chi connectivity index (χ0n) is 13.3. The van der Waals surface area contributed by atoms with Gasteiger partial charge < -0.3 is 10.5 Å². The second kappa shape index (κ2) is 7.40. The Morgan fingerprint density at radius 3 is 2.32 bits per heavy atom. The molecule has 0 radical (unpaired) electrons. The van der Waals surface area contributed by atoms with Crippen molar-refractivity contribution < 1.29 is 17.9 Å². The molecule has 0 saturated heterocycles. The van der Waals surface area contributed by atoms with Crippen LogP contribution in [0.25, 0.3) is 11.1 Å². The maximum absolute atomic E-state index is 14.7. The van der Waals surface area contributed by atoms with Gasteiger partial charge in [-0.3, -0.25) is 0 Å². The van der Waals surface area contributed by atoms with Crippen LogP contribution in [0, 0.1) is 17.5 Å². The highest BCUT2D eigenvalue weighted by Gasteiger charge is 2.14. The Bertz CT molecular complexity index is 879. The summed E-state index contributed by atoms with van der Waals surface area (Å²) in [5.41, 5.74) is 6.62. The van der Waals surface area contributed by atoms with E-state index in [0.717, 1.165) is 23.8 Å². The molecule has 0 aliphatic rings. The van der Waals surface area contributed by atoms with E-state index < -0.39 is 17.5 Å². The third-order valence-corrected chi connectivity index (χ3v) is 3.85. The maximum atomic E-state index is 14.7. The maximum Gasteiger partial charge on any atom is 0.137 e. The quantitative estimate of drug-likeness (QED) is 0.722. The molecular weight excluding hydrogens is 327 g/mol. The minimum atomic E-state index is -0.684. The van der Waals surface area contributed by atoms with Gasteiger partial charge in [0.15, 0.2) is 0 Å². The summed E-state index contributed by atoms with van der Waals surface area (Å²) < 4.78 is 47.6. The van der Waals surface area contributed by atoms with Crippen LogP contribution < -0.4 is 10.5 Å². The summed E-state index contributed by atoms with van der Waals surface area (Å²) in [5.74, 6) is -1.38. The first-order chi connectivity index (χ1) is 12.1. The van der Waals surface area contributed by atoms with E-state index in [9.17, 15) is 13.2 Å². The lowest BCUT2D eigenvalue weighted by molar-refractivity contribution is 0.300. The molecule has 3 rings (SSSR count). The van der Waals surface area contributed by atoms with Crippen LogP contribution in [0.1, 0.15) is 11.1 Å². The minimum absolute atomic E-state index is 0.00317. The van der Waals surface area contributed by atoms with Crippen LogP contribution in [0.3, 0.4) is 0 Å². The number of benzene rings is 3. The minimum Gasteiger partial charge on any atom is -0.489 e. The van der Waals surface area contributed by atoms with Crippen LogP contribution >= 0.6 is 0 Å². The summed E-state index contributed by atoms with van der Waals surface area (Å²) >= 11 is 0. The molecule has 0 aromatic heterocycles. The fraction of sp³-hybridized carbons (Fsp3) is 0.100. The average Bonchev–Trinajstić information content (AvgIpc) is 2.63. The molecule has 0 aliphatic carbocycles. The van der Waals surface area contributed by atoms with Gasteiger partial charge in [-0.05, 0) is 35.9 Å². The average molecular weight is 343 g/mol. The fourth-order valence-corrected chi connectivity index (χ4v) is 2.49. The number of hydrogen-bond acceptors (Lipinski definition) is 2. The SMILES string of the molecule is NCc1ccc(OCc2cccc(-c3cc(F)ccc3F)c2F)cc1. The molecule has 3 aromatic rings. The summed E-state index contributed by atoms with van der Waals surface area (Å²) in [6.45, 7) is 0.398. The van der Waals surface area contributed by atoms with Gasteiger partial charge in [0.25, 0.3) is 0 Å². The van der Waals surface area contributed by atoms with Gasteiger partial charge in [0.05, 0.1) is 0 Å². The van der Waals surface area contributed by atoms with Crippen LogP contribution in [-0.2, 0) is 13.2 Å². The van der Waals surface area contributed by atoms with E-state index in [4.69, 9.17) is 10.5 Å². The summed E-state index contributed by atoms with van der Waals surface area (Å²) in [6.07, 6.45) is 0.